The molecule has 146 valence electrons. The van der Waals surface area contributed by atoms with E-state index in [9.17, 15) is 9.59 Å². The van der Waals surface area contributed by atoms with Crippen molar-refractivity contribution in [2.24, 2.45) is 5.73 Å². The molecule has 0 aromatic heterocycles. The van der Waals surface area contributed by atoms with Crippen molar-refractivity contribution in [3.63, 3.8) is 0 Å². The summed E-state index contributed by atoms with van der Waals surface area (Å²) in [4.78, 5) is 24.8. The topological polar surface area (TPSA) is 105 Å². The largest absolute Gasteiger partial charge is 0.454 e. The number of halogens is 2. The Kier molecular flexibility index (Phi) is 7.61. The summed E-state index contributed by atoms with van der Waals surface area (Å²) in [6, 6.07) is 13.4. The van der Waals surface area contributed by atoms with Crippen LogP contribution in [0.15, 0.2) is 59.9 Å². The van der Waals surface area contributed by atoms with Crippen LogP contribution < -0.4 is 11.1 Å². The van der Waals surface area contributed by atoms with Crippen LogP contribution in [0.25, 0.3) is 0 Å². The highest BCUT2D eigenvalue weighted by Gasteiger charge is 2.23. The second-order valence-electron chi connectivity index (χ2n) is 5.76. The van der Waals surface area contributed by atoms with E-state index in [2.05, 4.69) is 5.32 Å². The highest BCUT2D eigenvalue weighted by molar-refractivity contribution is 6.34. The molecule has 0 aliphatic heterocycles. The van der Waals surface area contributed by atoms with Crippen molar-refractivity contribution in [1.29, 1.82) is 5.41 Å². The van der Waals surface area contributed by atoms with E-state index in [4.69, 9.17) is 39.1 Å². The number of esters is 1. The first-order chi connectivity index (χ1) is 13.3. The van der Waals surface area contributed by atoms with Crippen molar-refractivity contribution in [2.75, 3.05) is 13.7 Å². The van der Waals surface area contributed by atoms with Crippen molar-refractivity contribution < 1.29 is 14.3 Å². The summed E-state index contributed by atoms with van der Waals surface area (Å²) in [7, 11) is 1.51. The maximum absolute atomic E-state index is 12.5. The first-order valence-electron chi connectivity index (χ1n) is 8.28. The standard InChI is InChI=1S/C20H19Cl2N3O3/c1-25-19(24)18(16(23)10-12-6-2-4-8-14(12)21)20(27)28-11-17(26)13-7-3-5-9-15(13)22/h2-9,23,25H,10-11,24H2,1H3/b19-18+,23-16?. The smallest absolute Gasteiger partial charge is 0.344 e. The maximum Gasteiger partial charge on any atom is 0.344 e. The van der Waals surface area contributed by atoms with Crippen LogP contribution in [-0.2, 0) is 16.0 Å². The van der Waals surface area contributed by atoms with Crippen LogP contribution >= 0.6 is 23.2 Å². The monoisotopic (exact) mass is 419 g/mol. The summed E-state index contributed by atoms with van der Waals surface area (Å²) in [5.74, 6) is -1.38. The van der Waals surface area contributed by atoms with Crippen molar-refractivity contribution in [3.8, 4) is 0 Å². The molecule has 0 saturated carbocycles. The van der Waals surface area contributed by atoms with Crippen LogP contribution in [0.2, 0.25) is 10.0 Å². The van der Waals surface area contributed by atoms with Gasteiger partial charge in [0.2, 0.25) is 5.78 Å². The predicted octanol–water partition coefficient (Wildman–Crippen LogP) is 3.37. The molecule has 8 heteroatoms. The Morgan fingerprint density at radius 1 is 1.07 bits per heavy atom. The Labute approximate surface area is 172 Å². The Bertz CT molecular complexity index is 942. The first kappa shape index (κ1) is 21.5. The summed E-state index contributed by atoms with van der Waals surface area (Å²) in [6.45, 7) is -0.525. The molecule has 0 spiro atoms. The number of carbonyl (C=O) groups is 2. The summed E-state index contributed by atoms with van der Waals surface area (Å²) in [5.41, 5.74) is 6.50. The van der Waals surface area contributed by atoms with Gasteiger partial charge in [-0.05, 0) is 23.8 Å². The Hall–Kier alpha value is -2.83. The highest BCUT2D eigenvalue weighted by atomic mass is 35.5. The molecule has 0 bridgehead atoms. The minimum absolute atomic E-state index is 0.0350. The predicted molar refractivity (Wildman–Crippen MR) is 110 cm³/mol. The van der Waals surface area contributed by atoms with E-state index in [0.29, 0.717) is 10.6 Å². The van der Waals surface area contributed by atoms with Gasteiger partial charge in [-0.3, -0.25) is 4.79 Å². The van der Waals surface area contributed by atoms with Crippen LogP contribution in [0.3, 0.4) is 0 Å². The fourth-order valence-electron chi connectivity index (χ4n) is 2.41. The number of benzene rings is 2. The zero-order valence-electron chi connectivity index (χ0n) is 15.1. The maximum atomic E-state index is 12.5. The van der Waals surface area contributed by atoms with Gasteiger partial charge >= 0.3 is 5.97 Å². The van der Waals surface area contributed by atoms with Gasteiger partial charge in [0.05, 0.1) is 10.7 Å². The lowest BCUT2D eigenvalue weighted by atomic mass is 10.0. The molecule has 2 aromatic rings. The highest BCUT2D eigenvalue weighted by Crippen LogP contribution is 2.19. The van der Waals surface area contributed by atoms with E-state index in [0.717, 1.165) is 0 Å². The number of nitrogens with one attached hydrogen (secondary N) is 2. The SMILES string of the molecule is CN/C(N)=C(\C(=N)Cc1ccccc1Cl)C(=O)OCC(=O)c1ccccc1Cl. The number of carbonyl (C=O) groups excluding carboxylic acids is 2. The molecule has 0 amide bonds. The Morgan fingerprint density at radius 3 is 2.29 bits per heavy atom. The van der Waals surface area contributed by atoms with Gasteiger partial charge in [-0.2, -0.15) is 0 Å². The quantitative estimate of drug-likeness (QED) is 0.263. The number of nitrogens with two attached hydrogens (primary N) is 1. The van der Waals surface area contributed by atoms with Crippen LogP contribution in [0.5, 0.6) is 0 Å². The second kappa shape index (κ2) is 9.92. The number of ether oxygens (including phenoxy) is 1. The molecule has 0 aliphatic carbocycles. The fraction of sp³-hybridized carbons (Fsp3) is 0.150. The zero-order valence-corrected chi connectivity index (χ0v) is 16.6. The lowest BCUT2D eigenvalue weighted by molar-refractivity contribution is -0.137. The first-order valence-corrected chi connectivity index (χ1v) is 9.04. The molecule has 0 atom stereocenters. The minimum Gasteiger partial charge on any atom is -0.454 e. The van der Waals surface area contributed by atoms with Crippen molar-refractivity contribution in [3.05, 3.63) is 81.1 Å². The van der Waals surface area contributed by atoms with E-state index in [1.165, 1.54) is 13.1 Å². The van der Waals surface area contributed by atoms with Gasteiger partial charge in [0.25, 0.3) is 0 Å². The molecule has 2 rings (SSSR count). The van der Waals surface area contributed by atoms with E-state index >= 15 is 0 Å². The summed E-state index contributed by atoms with van der Waals surface area (Å²) in [5, 5.41) is 11.7. The molecule has 28 heavy (non-hydrogen) atoms. The van der Waals surface area contributed by atoms with E-state index < -0.39 is 18.4 Å². The fourth-order valence-corrected chi connectivity index (χ4v) is 2.85. The molecular weight excluding hydrogens is 401 g/mol. The van der Waals surface area contributed by atoms with E-state index in [1.54, 1.807) is 42.5 Å². The van der Waals surface area contributed by atoms with Gasteiger partial charge in [0.15, 0.2) is 6.61 Å². The summed E-state index contributed by atoms with van der Waals surface area (Å²) < 4.78 is 5.09. The molecule has 6 nitrogen and oxygen atoms in total. The molecule has 0 unspecified atom stereocenters. The van der Waals surface area contributed by atoms with Crippen molar-refractivity contribution in [1.82, 2.24) is 5.32 Å². The minimum atomic E-state index is -0.885. The van der Waals surface area contributed by atoms with E-state index in [1.807, 2.05) is 0 Å². The number of ketones is 1. The molecule has 0 saturated heterocycles. The lowest BCUT2D eigenvalue weighted by Gasteiger charge is -2.13. The molecule has 2 aromatic carbocycles. The van der Waals surface area contributed by atoms with Gasteiger partial charge in [-0.15, -0.1) is 0 Å². The molecule has 0 fully saturated rings. The summed E-state index contributed by atoms with van der Waals surface area (Å²) >= 11 is 12.1. The molecule has 4 N–H and O–H groups in total. The van der Waals surface area contributed by atoms with Gasteiger partial charge in [0, 0.05) is 24.1 Å². The van der Waals surface area contributed by atoms with Gasteiger partial charge in [-0.1, -0.05) is 53.5 Å². The second-order valence-corrected chi connectivity index (χ2v) is 6.58. The number of hydrogen-bond donors (Lipinski definition) is 3. The third-order valence-corrected chi connectivity index (χ3v) is 4.58. The third-order valence-electron chi connectivity index (χ3n) is 3.88. The average Bonchev–Trinajstić information content (AvgIpc) is 2.68. The van der Waals surface area contributed by atoms with Crippen LogP contribution in [0, 0.1) is 5.41 Å². The van der Waals surface area contributed by atoms with Gasteiger partial charge in [-0.25, -0.2) is 4.79 Å². The van der Waals surface area contributed by atoms with Crippen molar-refractivity contribution >= 4 is 40.7 Å². The lowest BCUT2D eigenvalue weighted by Crippen LogP contribution is -2.29. The Morgan fingerprint density at radius 2 is 1.68 bits per heavy atom. The third kappa shape index (κ3) is 5.34. The van der Waals surface area contributed by atoms with Crippen LogP contribution in [0.4, 0.5) is 0 Å². The molecule has 0 heterocycles. The Balaban J connectivity index is 2.14. The van der Waals surface area contributed by atoms with Gasteiger partial charge < -0.3 is 21.2 Å². The number of hydrogen-bond acceptors (Lipinski definition) is 6. The normalized spacial score (nSPS) is 11.4. The number of rotatable bonds is 8. The zero-order chi connectivity index (χ0) is 20.7. The average molecular weight is 420 g/mol. The van der Waals surface area contributed by atoms with Crippen LogP contribution in [-0.4, -0.2) is 31.1 Å². The van der Waals surface area contributed by atoms with Crippen LogP contribution in [0.1, 0.15) is 15.9 Å². The molecule has 0 radical (unpaired) electrons. The summed E-state index contributed by atoms with van der Waals surface area (Å²) in [6.07, 6.45) is 0.0744. The van der Waals surface area contributed by atoms with E-state index in [-0.39, 0.29) is 34.1 Å². The number of Topliss-reactive ketones (excluding diaryl/α,β-unsaturated/α-hetero) is 1. The molecule has 0 aliphatic rings. The van der Waals surface area contributed by atoms with Crippen molar-refractivity contribution in [2.45, 2.75) is 6.42 Å². The molecular formula is C20H19Cl2N3O3. The van der Waals surface area contributed by atoms with Gasteiger partial charge in [0.1, 0.15) is 11.4 Å².